The van der Waals surface area contributed by atoms with E-state index in [4.69, 9.17) is 11.6 Å². The third-order valence-electron chi connectivity index (χ3n) is 3.84. The number of amides is 1. The molecule has 2 aromatic rings. The van der Waals surface area contributed by atoms with E-state index in [-0.39, 0.29) is 18.0 Å². The molecular weight excluding hydrogens is 284 g/mol. The number of halogens is 1. The monoisotopic (exact) mass is 300 g/mol. The zero-order chi connectivity index (χ0) is 14.8. The summed E-state index contributed by atoms with van der Waals surface area (Å²) in [7, 11) is 0. The van der Waals surface area contributed by atoms with Gasteiger partial charge in [0.2, 0.25) is 5.91 Å². The maximum absolute atomic E-state index is 12.2. The highest BCUT2D eigenvalue weighted by Crippen LogP contribution is 2.33. The van der Waals surface area contributed by atoms with Crippen LogP contribution in [0.2, 0.25) is 5.02 Å². The third kappa shape index (κ3) is 2.80. The summed E-state index contributed by atoms with van der Waals surface area (Å²) in [6.45, 7) is 2.10. The fourth-order valence-corrected chi connectivity index (χ4v) is 2.85. The molecule has 0 saturated carbocycles. The summed E-state index contributed by atoms with van der Waals surface area (Å²) >= 11 is 5.94. The Labute approximate surface area is 129 Å². The number of carbonyl (C=O) groups is 1. The van der Waals surface area contributed by atoms with Crippen molar-refractivity contribution < 1.29 is 4.79 Å². The van der Waals surface area contributed by atoms with Gasteiger partial charge in [-0.25, -0.2) is 0 Å². The second-order valence-electron chi connectivity index (χ2n) is 5.19. The lowest BCUT2D eigenvalue weighted by molar-refractivity contribution is -0.117. The smallest absolute Gasteiger partial charge is 0.246 e. The molecule has 0 radical (unpaired) electrons. The van der Waals surface area contributed by atoms with Gasteiger partial charge >= 0.3 is 0 Å². The number of carbonyl (C=O) groups excluding carboxylic acids is 1. The van der Waals surface area contributed by atoms with Crippen LogP contribution in [0.15, 0.2) is 48.5 Å². The number of fused-ring (bicyclic) bond motifs is 1. The van der Waals surface area contributed by atoms with Crippen molar-refractivity contribution in [3.05, 3.63) is 64.7 Å². The summed E-state index contributed by atoms with van der Waals surface area (Å²) in [4.78, 5) is 12.2. The summed E-state index contributed by atoms with van der Waals surface area (Å²) < 4.78 is 0. The normalized spacial score (nSPS) is 18.2. The van der Waals surface area contributed by atoms with Gasteiger partial charge in [-0.1, -0.05) is 48.9 Å². The molecule has 0 aliphatic carbocycles. The minimum Gasteiger partial charge on any atom is -0.324 e. The molecule has 0 aromatic heterocycles. The first kappa shape index (κ1) is 14.1. The molecule has 0 saturated heterocycles. The fourth-order valence-electron chi connectivity index (χ4n) is 2.72. The van der Waals surface area contributed by atoms with E-state index in [2.05, 4.69) is 17.6 Å². The van der Waals surface area contributed by atoms with Crippen LogP contribution < -0.4 is 10.6 Å². The van der Waals surface area contributed by atoms with Crippen molar-refractivity contribution in [2.75, 3.05) is 5.32 Å². The van der Waals surface area contributed by atoms with Gasteiger partial charge in [0.1, 0.15) is 6.04 Å². The molecule has 108 valence electrons. The van der Waals surface area contributed by atoms with Crippen LogP contribution in [0, 0.1) is 0 Å². The SMILES string of the molecule is CCC(NC1C(=O)Nc2ccccc21)c1ccc(Cl)cc1. The minimum absolute atomic E-state index is 0.00335. The van der Waals surface area contributed by atoms with E-state index in [0.29, 0.717) is 0 Å². The Bertz CT molecular complexity index is 654. The van der Waals surface area contributed by atoms with Gasteiger partial charge in [0.25, 0.3) is 0 Å². The average Bonchev–Trinajstić information content (AvgIpc) is 2.81. The van der Waals surface area contributed by atoms with Gasteiger partial charge in [0, 0.05) is 22.3 Å². The molecular formula is C17H17ClN2O. The highest BCUT2D eigenvalue weighted by Gasteiger charge is 2.31. The van der Waals surface area contributed by atoms with Crippen molar-refractivity contribution >= 4 is 23.2 Å². The van der Waals surface area contributed by atoms with Crippen molar-refractivity contribution in [2.45, 2.75) is 25.4 Å². The van der Waals surface area contributed by atoms with E-state index in [9.17, 15) is 4.79 Å². The lowest BCUT2D eigenvalue weighted by Gasteiger charge is -2.21. The Kier molecular flexibility index (Phi) is 3.95. The van der Waals surface area contributed by atoms with E-state index in [1.165, 1.54) is 0 Å². The van der Waals surface area contributed by atoms with E-state index >= 15 is 0 Å². The quantitative estimate of drug-likeness (QED) is 0.893. The molecule has 21 heavy (non-hydrogen) atoms. The van der Waals surface area contributed by atoms with Crippen LogP contribution in [-0.2, 0) is 4.79 Å². The van der Waals surface area contributed by atoms with E-state index in [1.54, 1.807) is 0 Å². The first-order valence-electron chi connectivity index (χ1n) is 7.10. The van der Waals surface area contributed by atoms with E-state index in [0.717, 1.165) is 28.3 Å². The zero-order valence-corrected chi connectivity index (χ0v) is 12.5. The van der Waals surface area contributed by atoms with Crippen LogP contribution in [0.1, 0.15) is 36.6 Å². The Morgan fingerprint density at radius 3 is 2.62 bits per heavy atom. The standard InChI is InChI=1S/C17H17ClN2O/c1-2-14(11-7-9-12(18)10-8-11)19-16-13-5-3-4-6-15(13)20-17(16)21/h3-10,14,16,19H,2H2,1H3,(H,20,21). The largest absolute Gasteiger partial charge is 0.324 e. The molecule has 2 N–H and O–H groups in total. The molecule has 1 heterocycles. The van der Waals surface area contributed by atoms with Crippen LogP contribution in [0.3, 0.4) is 0 Å². The van der Waals surface area contributed by atoms with Crippen LogP contribution >= 0.6 is 11.6 Å². The van der Waals surface area contributed by atoms with Gasteiger partial charge in [-0.2, -0.15) is 0 Å². The number of hydrogen-bond donors (Lipinski definition) is 2. The number of rotatable bonds is 4. The van der Waals surface area contributed by atoms with Crippen LogP contribution in [0.5, 0.6) is 0 Å². The number of para-hydroxylation sites is 1. The van der Waals surface area contributed by atoms with Gasteiger partial charge in [0.15, 0.2) is 0 Å². The van der Waals surface area contributed by atoms with Crippen molar-refractivity contribution in [3.8, 4) is 0 Å². The van der Waals surface area contributed by atoms with Gasteiger partial charge in [-0.3, -0.25) is 10.1 Å². The number of nitrogens with one attached hydrogen (secondary N) is 2. The molecule has 3 rings (SSSR count). The number of anilines is 1. The highest BCUT2D eigenvalue weighted by atomic mass is 35.5. The van der Waals surface area contributed by atoms with Crippen LogP contribution in [-0.4, -0.2) is 5.91 Å². The topological polar surface area (TPSA) is 41.1 Å². The van der Waals surface area contributed by atoms with Crippen LogP contribution in [0.4, 0.5) is 5.69 Å². The summed E-state index contributed by atoms with van der Waals surface area (Å²) in [6.07, 6.45) is 0.896. The highest BCUT2D eigenvalue weighted by molar-refractivity contribution is 6.30. The predicted molar refractivity (Wildman–Crippen MR) is 85.4 cm³/mol. The van der Waals surface area contributed by atoms with Crippen molar-refractivity contribution in [3.63, 3.8) is 0 Å². The Balaban J connectivity index is 1.84. The van der Waals surface area contributed by atoms with Gasteiger partial charge in [0.05, 0.1) is 0 Å². The van der Waals surface area contributed by atoms with E-state index in [1.807, 2.05) is 48.5 Å². The summed E-state index contributed by atoms with van der Waals surface area (Å²) in [5, 5.41) is 7.09. The molecule has 3 nitrogen and oxygen atoms in total. The second kappa shape index (κ2) is 5.88. The molecule has 0 fully saturated rings. The summed E-state index contributed by atoms with van der Waals surface area (Å²) in [6, 6.07) is 15.4. The minimum atomic E-state index is -0.304. The fraction of sp³-hybridized carbons (Fsp3) is 0.235. The summed E-state index contributed by atoms with van der Waals surface area (Å²) in [5.74, 6) is 0.00335. The van der Waals surface area contributed by atoms with Gasteiger partial charge < -0.3 is 5.32 Å². The Hall–Kier alpha value is -1.84. The Morgan fingerprint density at radius 1 is 1.19 bits per heavy atom. The van der Waals surface area contributed by atoms with Crippen molar-refractivity contribution in [2.24, 2.45) is 0 Å². The number of benzene rings is 2. The second-order valence-corrected chi connectivity index (χ2v) is 5.63. The van der Waals surface area contributed by atoms with Gasteiger partial charge in [-0.15, -0.1) is 0 Å². The first-order chi connectivity index (χ1) is 10.2. The molecule has 2 aromatic carbocycles. The molecule has 0 bridgehead atoms. The maximum atomic E-state index is 12.2. The molecule has 4 heteroatoms. The number of hydrogen-bond acceptors (Lipinski definition) is 2. The van der Waals surface area contributed by atoms with E-state index < -0.39 is 0 Å². The summed E-state index contributed by atoms with van der Waals surface area (Å²) in [5.41, 5.74) is 3.04. The van der Waals surface area contributed by atoms with Crippen molar-refractivity contribution in [1.82, 2.24) is 5.32 Å². The molecule has 2 unspecified atom stereocenters. The van der Waals surface area contributed by atoms with Crippen molar-refractivity contribution in [1.29, 1.82) is 0 Å². The molecule has 2 atom stereocenters. The Morgan fingerprint density at radius 2 is 1.90 bits per heavy atom. The van der Waals surface area contributed by atoms with Gasteiger partial charge in [-0.05, 0) is 30.2 Å². The lowest BCUT2D eigenvalue weighted by atomic mass is 10.0. The lowest BCUT2D eigenvalue weighted by Crippen LogP contribution is -2.31. The molecule has 1 aliphatic heterocycles. The van der Waals surface area contributed by atoms with Crippen LogP contribution in [0.25, 0.3) is 0 Å². The predicted octanol–water partition coefficient (Wildman–Crippen LogP) is 4.07. The average molecular weight is 301 g/mol. The maximum Gasteiger partial charge on any atom is 0.246 e. The molecule has 1 amide bonds. The molecule has 0 spiro atoms. The third-order valence-corrected chi connectivity index (χ3v) is 4.09. The zero-order valence-electron chi connectivity index (χ0n) is 11.8. The molecule has 1 aliphatic rings. The first-order valence-corrected chi connectivity index (χ1v) is 7.48.